The number of benzene rings is 1. The predicted octanol–water partition coefficient (Wildman–Crippen LogP) is 4.68. The minimum absolute atomic E-state index is 0.0346. The number of aromatic nitrogens is 3. The van der Waals surface area contributed by atoms with Crippen LogP contribution < -0.4 is 16.0 Å². The Labute approximate surface area is 250 Å². The van der Waals surface area contributed by atoms with Gasteiger partial charge in [0.25, 0.3) is 0 Å². The van der Waals surface area contributed by atoms with Gasteiger partial charge in [-0.15, -0.1) is 0 Å². The summed E-state index contributed by atoms with van der Waals surface area (Å²) in [6.45, 7) is 7.38. The van der Waals surface area contributed by atoms with Crippen LogP contribution in [0.25, 0.3) is 11.3 Å². The van der Waals surface area contributed by atoms with Gasteiger partial charge in [0.15, 0.2) is 5.13 Å². The van der Waals surface area contributed by atoms with E-state index >= 15 is 0 Å². The SMILES string of the molecule is Cc1nc(Nc2nc(-c3cc(F)cc(C(F)(F)F)c3)c(CN3[C@H](C)CC[C@H]3N)s2)cc(N2CCN(CCC(=O)O)CC2)n1. The summed E-state index contributed by atoms with van der Waals surface area (Å²) in [7, 11) is 0. The van der Waals surface area contributed by atoms with E-state index in [2.05, 4.69) is 35.0 Å². The van der Waals surface area contributed by atoms with E-state index in [0.717, 1.165) is 25.0 Å². The first kappa shape index (κ1) is 31.0. The molecule has 0 aliphatic carbocycles. The zero-order chi connectivity index (χ0) is 30.9. The third-order valence-corrected chi connectivity index (χ3v) is 8.75. The Hall–Kier alpha value is -3.40. The summed E-state index contributed by atoms with van der Waals surface area (Å²) >= 11 is 1.26. The number of halogens is 4. The molecule has 2 aromatic heterocycles. The van der Waals surface area contributed by atoms with Gasteiger partial charge in [0.1, 0.15) is 23.3 Å². The van der Waals surface area contributed by atoms with Gasteiger partial charge >= 0.3 is 12.1 Å². The van der Waals surface area contributed by atoms with Crippen molar-refractivity contribution in [2.75, 3.05) is 42.9 Å². The number of anilines is 3. The van der Waals surface area contributed by atoms with Crippen molar-refractivity contribution in [1.82, 2.24) is 24.8 Å². The number of carboxylic acids is 1. The number of carboxylic acid groups (broad SMARTS) is 1. The molecule has 2 aliphatic rings. The average Bonchev–Trinajstić information content (AvgIpc) is 3.48. The molecule has 0 spiro atoms. The number of piperazine rings is 1. The maximum absolute atomic E-state index is 14.4. The van der Waals surface area contributed by atoms with E-state index in [9.17, 15) is 22.4 Å². The van der Waals surface area contributed by atoms with Crippen molar-refractivity contribution in [2.24, 2.45) is 5.73 Å². The van der Waals surface area contributed by atoms with Crippen LogP contribution in [0.5, 0.6) is 0 Å². The number of hydrogen-bond donors (Lipinski definition) is 3. The zero-order valence-corrected chi connectivity index (χ0v) is 24.7. The van der Waals surface area contributed by atoms with Crippen molar-refractivity contribution in [3.05, 3.63) is 46.3 Å². The minimum Gasteiger partial charge on any atom is -0.481 e. The van der Waals surface area contributed by atoms with Gasteiger partial charge in [-0.3, -0.25) is 14.6 Å². The molecule has 0 bridgehead atoms. The Balaban J connectivity index is 1.41. The van der Waals surface area contributed by atoms with Crippen LogP contribution in [0.2, 0.25) is 0 Å². The molecular formula is C28H34F4N8O2S. The molecule has 4 N–H and O–H groups in total. The van der Waals surface area contributed by atoms with Crippen LogP contribution in [-0.2, 0) is 17.5 Å². The normalized spacial score (nSPS) is 20.1. The molecule has 0 saturated carbocycles. The van der Waals surface area contributed by atoms with Crippen molar-refractivity contribution in [2.45, 2.75) is 58.0 Å². The zero-order valence-electron chi connectivity index (χ0n) is 23.9. The fraction of sp³-hybridized carbons (Fsp3) is 0.500. The molecule has 2 atom stereocenters. The van der Waals surface area contributed by atoms with Crippen molar-refractivity contribution in [3.8, 4) is 11.3 Å². The summed E-state index contributed by atoms with van der Waals surface area (Å²) in [4.78, 5) is 31.5. The van der Waals surface area contributed by atoms with Gasteiger partial charge < -0.3 is 21.1 Å². The second-order valence-corrected chi connectivity index (χ2v) is 12.0. The number of aryl methyl sites for hydroxylation is 1. The molecule has 232 valence electrons. The highest BCUT2D eigenvalue weighted by molar-refractivity contribution is 7.16. The second kappa shape index (κ2) is 12.7. The number of hydrogen-bond acceptors (Lipinski definition) is 10. The third kappa shape index (κ3) is 7.58. The van der Waals surface area contributed by atoms with E-state index in [1.165, 1.54) is 11.3 Å². The van der Waals surface area contributed by atoms with Crippen LogP contribution >= 0.6 is 11.3 Å². The highest BCUT2D eigenvalue weighted by atomic mass is 32.1. The molecular weight excluding hydrogens is 588 g/mol. The van der Waals surface area contributed by atoms with Gasteiger partial charge in [-0.25, -0.2) is 19.3 Å². The Morgan fingerprint density at radius 2 is 1.86 bits per heavy atom. The summed E-state index contributed by atoms with van der Waals surface area (Å²) < 4.78 is 55.0. The largest absolute Gasteiger partial charge is 0.481 e. The summed E-state index contributed by atoms with van der Waals surface area (Å²) in [6.07, 6.45) is -3.12. The molecule has 4 heterocycles. The number of thiazole rings is 1. The van der Waals surface area contributed by atoms with Crippen LogP contribution in [0.1, 0.15) is 42.5 Å². The van der Waals surface area contributed by atoms with Gasteiger partial charge in [0, 0.05) is 61.8 Å². The highest BCUT2D eigenvalue weighted by Crippen LogP contribution is 2.39. The molecule has 2 aliphatic heterocycles. The number of carbonyl (C=O) groups is 1. The Morgan fingerprint density at radius 1 is 1.12 bits per heavy atom. The lowest BCUT2D eigenvalue weighted by molar-refractivity contribution is -0.138. The quantitative estimate of drug-likeness (QED) is 0.290. The lowest BCUT2D eigenvalue weighted by Gasteiger charge is -2.35. The fourth-order valence-electron chi connectivity index (χ4n) is 5.48. The van der Waals surface area contributed by atoms with E-state index in [1.807, 2.05) is 6.92 Å². The van der Waals surface area contributed by atoms with Crippen LogP contribution in [-0.4, -0.2) is 80.8 Å². The van der Waals surface area contributed by atoms with E-state index in [-0.39, 0.29) is 29.9 Å². The molecule has 1 aromatic carbocycles. The fourth-order valence-corrected chi connectivity index (χ4v) is 6.48. The summed E-state index contributed by atoms with van der Waals surface area (Å²) in [5.41, 5.74) is 5.53. The maximum atomic E-state index is 14.4. The van der Waals surface area contributed by atoms with Gasteiger partial charge in [-0.1, -0.05) is 11.3 Å². The monoisotopic (exact) mass is 622 g/mol. The smallest absolute Gasteiger partial charge is 0.416 e. The van der Waals surface area contributed by atoms with Gasteiger partial charge in [0.05, 0.1) is 23.8 Å². The van der Waals surface area contributed by atoms with Crippen LogP contribution in [0.15, 0.2) is 24.3 Å². The maximum Gasteiger partial charge on any atom is 0.416 e. The number of aliphatic carboxylic acids is 1. The molecule has 0 unspecified atom stereocenters. The Morgan fingerprint density at radius 3 is 2.51 bits per heavy atom. The van der Waals surface area contributed by atoms with E-state index in [0.29, 0.717) is 72.8 Å². The molecule has 10 nitrogen and oxygen atoms in total. The van der Waals surface area contributed by atoms with Crippen LogP contribution in [0, 0.1) is 12.7 Å². The first-order chi connectivity index (χ1) is 20.4. The minimum atomic E-state index is -4.71. The molecule has 0 radical (unpaired) electrons. The molecule has 43 heavy (non-hydrogen) atoms. The first-order valence-corrected chi connectivity index (χ1v) is 14.9. The Kier molecular flexibility index (Phi) is 9.15. The Bertz CT molecular complexity index is 1450. The molecule has 5 rings (SSSR count). The number of nitrogens with zero attached hydrogens (tertiary/aromatic N) is 6. The number of nitrogens with two attached hydrogens (primary N) is 1. The molecule has 3 aromatic rings. The lowest BCUT2D eigenvalue weighted by atomic mass is 10.1. The topological polar surface area (TPSA) is 124 Å². The average molecular weight is 623 g/mol. The molecule has 2 fully saturated rings. The highest BCUT2D eigenvalue weighted by Gasteiger charge is 2.33. The van der Waals surface area contributed by atoms with E-state index in [4.69, 9.17) is 10.8 Å². The third-order valence-electron chi connectivity index (χ3n) is 7.79. The van der Waals surface area contributed by atoms with Gasteiger partial charge in [-0.2, -0.15) is 13.2 Å². The second-order valence-electron chi connectivity index (χ2n) is 10.9. The number of likely N-dealkylation sites (tertiary alicyclic amines) is 1. The summed E-state index contributed by atoms with van der Waals surface area (Å²) in [6, 6.07) is 4.42. The summed E-state index contributed by atoms with van der Waals surface area (Å²) in [5, 5.41) is 12.5. The van der Waals surface area contributed by atoms with Gasteiger partial charge in [0.2, 0.25) is 0 Å². The van der Waals surface area contributed by atoms with Crippen molar-refractivity contribution >= 4 is 34.1 Å². The van der Waals surface area contributed by atoms with E-state index < -0.39 is 23.5 Å². The number of nitrogens with one attached hydrogen (secondary N) is 1. The predicted molar refractivity (Wildman–Crippen MR) is 156 cm³/mol. The van der Waals surface area contributed by atoms with E-state index in [1.54, 1.807) is 13.0 Å². The number of rotatable bonds is 9. The standard InChI is InChI=1S/C28H34F4N8O2S/c1-16-3-4-22(33)40(16)15-21-26(18-11-19(28(30,31)32)13-20(29)12-18)37-27(43-21)36-23-14-24(35-17(2)34-23)39-9-7-38(8-10-39)6-5-25(41)42/h11-14,16,22H,3-10,15,33H2,1-2H3,(H,41,42)(H,34,35,36,37)/t16-,22+/m1/s1. The molecule has 0 amide bonds. The van der Waals surface area contributed by atoms with Crippen LogP contribution in [0.4, 0.5) is 34.3 Å². The molecule has 2 saturated heterocycles. The lowest BCUT2D eigenvalue weighted by Crippen LogP contribution is -2.47. The van der Waals surface area contributed by atoms with Crippen molar-refractivity contribution < 1.29 is 27.5 Å². The first-order valence-electron chi connectivity index (χ1n) is 14.1. The van der Waals surface area contributed by atoms with Crippen molar-refractivity contribution in [1.29, 1.82) is 0 Å². The van der Waals surface area contributed by atoms with Crippen LogP contribution in [0.3, 0.4) is 0 Å². The summed E-state index contributed by atoms with van der Waals surface area (Å²) in [5.74, 6) is -0.148. The number of alkyl halides is 3. The van der Waals surface area contributed by atoms with Gasteiger partial charge in [-0.05, 0) is 44.9 Å². The molecule has 15 heteroatoms. The van der Waals surface area contributed by atoms with Crippen molar-refractivity contribution in [3.63, 3.8) is 0 Å².